The molecular formula is C14H15FN2O3. The lowest BCUT2D eigenvalue weighted by Crippen LogP contribution is -2.42. The Labute approximate surface area is 116 Å². The van der Waals surface area contributed by atoms with Crippen LogP contribution in [0.3, 0.4) is 0 Å². The van der Waals surface area contributed by atoms with Gasteiger partial charge in [0.2, 0.25) is 0 Å². The predicted molar refractivity (Wildman–Crippen MR) is 69.1 cm³/mol. The van der Waals surface area contributed by atoms with E-state index in [0.29, 0.717) is 0 Å². The molecule has 0 aliphatic carbocycles. The molecule has 0 aromatic heterocycles. The first-order valence-corrected chi connectivity index (χ1v) is 6.01. The number of halogens is 1. The number of carbonyl (C=O) groups is 2. The summed E-state index contributed by atoms with van der Waals surface area (Å²) in [6, 6.07) is 6.01. The van der Waals surface area contributed by atoms with E-state index in [-0.39, 0.29) is 12.0 Å². The largest absolute Gasteiger partial charge is 0.467 e. The van der Waals surface area contributed by atoms with E-state index in [2.05, 4.69) is 10.1 Å². The molecular weight excluding hydrogens is 263 g/mol. The normalized spacial score (nSPS) is 12.9. The average molecular weight is 278 g/mol. The quantitative estimate of drug-likeness (QED) is 0.830. The van der Waals surface area contributed by atoms with E-state index >= 15 is 0 Å². The molecule has 0 saturated heterocycles. The summed E-state index contributed by atoms with van der Waals surface area (Å²) in [6.07, 6.45) is 0.149. The fourth-order valence-corrected chi connectivity index (χ4v) is 1.61. The summed E-state index contributed by atoms with van der Waals surface area (Å²) in [5.74, 6) is -2.01. The van der Waals surface area contributed by atoms with Crippen molar-refractivity contribution in [1.82, 2.24) is 5.32 Å². The summed E-state index contributed by atoms with van der Waals surface area (Å²) in [6.45, 7) is 1.64. The molecule has 0 saturated carbocycles. The number of methoxy groups -OCH3 is 1. The van der Waals surface area contributed by atoms with Gasteiger partial charge in [0, 0.05) is 11.5 Å². The first kappa shape index (κ1) is 15.6. The fraction of sp³-hybridized carbons (Fsp3) is 0.357. The Bertz CT molecular complexity index is 522. The number of rotatable bonds is 5. The van der Waals surface area contributed by atoms with Crippen LogP contribution in [0.25, 0.3) is 0 Å². The summed E-state index contributed by atoms with van der Waals surface area (Å²) in [5.41, 5.74) is 0.227. The second kappa shape index (κ2) is 7.24. The number of nitrogens with zero attached hydrogens (tertiary/aromatic N) is 1. The Morgan fingerprint density at radius 3 is 2.50 bits per heavy atom. The lowest BCUT2D eigenvalue weighted by molar-refractivity contribution is -0.143. The molecule has 20 heavy (non-hydrogen) atoms. The summed E-state index contributed by atoms with van der Waals surface area (Å²) < 4.78 is 17.4. The van der Waals surface area contributed by atoms with E-state index in [9.17, 15) is 14.0 Å². The maximum atomic E-state index is 12.8. The lowest BCUT2D eigenvalue weighted by atomic mass is 10.0. The first-order valence-electron chi connectivity index (χ1n) is 6.01. The molecule has 0 bridgehead atoms. The van der Waals surface area contributed by atoms with Crippen LogP contribution in [0.2, 0.25) is 0 Å². The zero-order chi connectivity index (χ0) is 15.1. The molecule has 0 heterocycles. The highest BCUT2D eigenvalue weighted by atomic mass is 19.1. The molecule has 0 fully saturated rings. The van der Waals surface area contributed by atoms with Crippen molar-refractivity contribution in [3.63, 3.8) is 0 Å². The Morgan fingerprint density at radius 2 is 2.00 bits per heavy atom. The van der Waals surface area contributed by atoms with Gasteiger partial charge in [-0.1, -0.05) is 0 Å². The number of amides is 1. The second-order valence-corrected chi connectivity index (χ2v) is 4.32. The summed E-state index contributed by atoms with van der Waals surface area (Å²) >= 11 is 0. The lowest BCUT2D eigenvalue weighted by Gasteiger charge is -2.17. The smallest absolute Gasteiger partial charge is 0.328 e. The van der Waals surface area contributed by atoms with E-state index < -0.39 is 29.7 Å². The zero-order valence-electron chi connectivity index (χ0n) is 11.2. The van der Waals surface area contributed by atoms with Crippen molar-refractivity contribution in [2.75, 3.05) is 7.11 Å². The minimum absolute atomic E-state index is 0.149. The number of esters is 1. The highest BCUT2D eigenvalue weighted by Crippen LogP contribution is 2.08. The van der Waals surface area contributed by atoms with Gasteiger partial charge in [0.05, 0.1) is 13.2 Å². The number of hydrogen-bond donors (Lipinski definition) is 1. The minimum atomic E-state index is -0.910. The molecule has 1 rings (SSSR count). The van der Waals surface area contributed by atoms with E-state index in [4.69, 9.17) is 5.26 Å². The van der Waals surface area contributed by atoms with Crippen LogP contribution in [0.5, 0.6) is 0 Å². The first-order chi connectivity index (χ1) is 9.47. The number of nitrogens with one attached hydrogen (secondary N) is 1. The number of ether oxygens (including phenoxy) is 1. The van der Waals surface area contributed by atoms with Crippen LogP contribution < -0.4 is 5.32 Å². The highest BCUT2D eigenvalue weighted by molar-refractivity contribution is 5.96. The Balaban J connectivity index is 2.78. The summed E-state index contributed by atoms with van der Waals surface area (Å²) in [5, 5.41) is 11.2. The summed E-state index contributed by atoms with van der Waals surface area (Å²) in [7, 11) is 1.20. The van der Waals surface area contributed by atoms with Gasteiger partial charge in [0.1, 0.15) is 11.9 Å². The molecule has 6 heteroatoms. The maximum absolute atomic E-state index is 12.8. The zero-order valence-corrected chi connectivity index (χ0v) is 11.2. The third-order valence-electron chi connectivity index (χ3n) is 2.71. The molecule has 1 aromatic rings. The average Bonchev–Trinajstić information content (AvgIpc) is 2.46. The highest BCUT2D eigenvalue weighted by Gasteiger charge is 2.24. The van der Waals surface area contributed by atoms with Crippen LogP contribution in [-0.4, -0.2) is 25.0 Å². The van der Waals surface area contributed by atoms with Gasteiger partial charge in [-0.25, -0.2) is 9.18 Å². The van der Waals surface area contributed by atoms with Crippen molar-refractivity contribution in [3.8, 4) is 6.07 Å². The standard InChI is InChI=1S/C14H15FN2O3/c1-9(8-16)7-12(14(19)20-2)17-13(18)10-3-5-11(15)6-4-10/h3-6,9,12H,7H2,1-2H3,(H,17,18)/t9-,12+/m1/s1. The van der Waals surface area contributed by atoms with Gasteiger partial charge in [0.15, 0.2) is 0 Å². The fourth-order valence-electron chi connectivity index (χ4n) is 1.61. The van der Waals surface area contributed by atoms with Crippen LogP contribution in [-0.2, 0) is 9.53 Å². The summed E-state index contributed by atoms with van der Waals surface area (Å²) in [4.78, 5) is 23.5. The molecule has 5 nitrogen and oxygen atoms in total. The molecule has 0 aliphatic heterocycles. The maximum Gasteiger partial charge on any atom is 0.328 e. The van der Waals surface area contributed by atoms with Gasteiger partial charge in [0.25, 0.3) is 5.91 Å². The van der Waals surface area contributed by atoms with Gasteiger partial charge in [-0.05, 0) is 37.6 Å². The minimum Gasteiger partial charge on any atom is -0.467 e. The van der Waals surface area contributed by atoms with E-state index in [1.165, 1.54) is 19.2 Å². The topological polar surface area (TPSA) is 79.2 Å². The molecule has 0 spiro atoms. The van der Waals surface area contributed by atoms with Gasteiger partial charge < -0.3 is 10.1 Å². The molecule has 1 amide bonds. The van der Waals surface area contributed by atoms with Gasteiger partial charge in [-0.15, -0.1) is 0 Å². The molecule has 1 aromatic carbocycles. The SMILES string of the molecule is COC(=O)[C@H](C[C@@H](C)C#N)NC(=O)c1ccc(F)cc1. The molecule has 106 valence electrons. The molecule has 0 radical (unpaired) electrons. The number of benzene rings is 1. The predicted octanol–water partition coefficient (Wildman–Crippen LogP) is 1.65. The van der Waals surface area contributed by atoms with Crippen molar-refractivity contribution in [2.24, 2.45) is 5.92 Å². The molecule has 0 aliphatic rings. The molecule has 0 unspecified atom stereocenters. The Kier molecular flexibility index (Phi) is 5.66. The van der Waals surface area contributed by atoms with Crippen molar-refractivity contribution in [1.29, 1.82) is 5.26 Å². The number of hydrogen-bond acceptors (Lipinski definition) is 4. The van der Waals surface area contributed by atoms with Crippen LogP contribution >= 0.6 is 0 Å². The van der Waals surface area contributed by atoms with E-state index in [0.717, 1.165) is 12.1 Å². The third-order valence-corrected chi connectivity index (χ3v) is 2.71. The Hall–Kier alpha value is -2.42. The Morgan fingerprint density at radius 1 is 1.40 bits per heavy atom. The van der Waals surface area contributed by atoms with Gasteiger partial charge in [-0.2, -0.15) is 5.26 Å². The van der Waals surface area contributed by atoms with Crippen LogP contribution in [0.4, 0.5) is 4.39 Å². The van der Waals surface area contributed by atoms with Crippen molar-refractivity contribution < 1.29 is 18.7 Å². The molecule has 2 atom stereocenters. The van der Waals surface area contributed by atoms with Crippen LogP contribution in [0, 0.1) is 23.1 Å². The third kappa shape index (κ3) is 4.35. The van der Waals surface area contributed by atoms with E-state index in [1.807, 2.05) is 6.07 Å². The van der Waals surface area contributed by atoms with Crippen molar-refractivity contribution in [2.45, 2.75) is 19.4 Å². The van der Waals surface area contributed by atoms with Crippen LogP contribution in [0.15, 0.2) is 24.3 Å². The monoisotopic (exact) mass is 278 g/mol. The van der Waals surface area contributed by atoms with Gasteiger partial charge >= 0.3 is 5.97 Å². The molecule has 1 N–H and O–H groups in total. The van der Waals surface area contributed by atoms with Crippen molar-refractivity contribution in [3.05, 3.63) is 35.6 Å². The van der Waals surface area contributed by atoms with Crippen LogP contribution in [0.1, 0.15) is 23.7 Å². The second-order valence-electron chi connectivity index (χ2n) is 4.32. The van der Waals surface area contributed by atoms with Crippen molar-refractivity contribution >= 4 is 11.9 Å². The van der Waals surface area contributed by atoms with Gasteiger partial charge in [-0.3, -0.25) is 4.79 Å². The number of carbonyl (C=O) groups excluding carboxylic acids is 2. The number of nitriles is 1. The van der Waals surface area contributed by atoms with E-state index in [1.54, 1.807) is 6.92 Å².